The predicted molar refractivity (Wildman–Crippen MR) is 100 cm³/mol. The Morgan fingerprint density at radius 2 is 1.52 bits per heavy atom. The number of pyridine rings is 1. The number of anilines is 1. The first-order valence-corrected chi connectivity index (χ1v) is 8.58. The van der Waals surface area contributed by atoms with Gasteiger partial charge in [0.15, 0.2) is 5.82 Å². The molecule has 1 aliphatic heterocycles. The van der Waals surface area contributed by atoms with Crippen LogP contribution in [-0.4, -0.2) is 53.1 Å². The van der Waals surface area contributed by atoms with E-state index >= 15 is 0 Å². The van der Waals surface area contributed by atoms with Crippen LogP contribution in [0.25, 0.3) is 22.6 Å². The molecule has 25 heavy (non-hydrogen) atoms. The molecule has 4 rings (SSSR count). The van der Waals surface area contributed by atoms with E-state index < -0.39 is 0 Å². The smallest absolute Gasteiger partial charge is 0.162 e. The lowest BCUT2D eigenvalue weighted by molar-refractivity contribution is 0.312. The first kappa shape index (κ1) is 15.7. The normalized spacial score (nSPS) is 15.3. The van der Waals surface area contributed by atoms with Crippen LogP contribution in [0.2, 0.25) is 0 Å². The van der Waals surface area contributed by atoms with E-state index in [1.807, 2.05) is 30.3 Å². The van der Waals surface area contributed by atoms with Gasteiger partial charge in [-0.3, -0.25) is 4.98 Å². The van der Waals surface area contributed by atoms with Crippen molar-refractivity contribution < 1.29 is 0 Å². The molecule has 0 atom stereocenters. The highest BCUT2D eigenvalue weighted by molar-refractivity contribution is 5.67. The summed E-state index contributed by atoms with van der Waals surface area (Å²) >= 11 is 0. The fourth-order valence-corrected chi connectivity index (χ4v) is 3.02. The molecule has 1 saturated heterocycles. The summed E-state index contributed by atoms with van der Waals surface area (Å²) in [6, 6.07) is 16.3. The molecule has 1 aromatic carbocycles. The number of aromatic nitrogens is 3. The van der Waals surface area contributed by atoms with E-state index in [0.717, 1.165) is 54.6 Å². The average Bonchev–Trinajstić information content (AvgIpc) is 2.69. The maximum Gasteiger partial charge on any atom is 0.162 e. The Bertz CT molecular complexity index is 769. The molecule has 0 bridgehead atoms. The van der Waals surface area contributed by atoms with Crippen LogP contribution < -0.4 is 4.90 Å². The molecule has 1 fully saturated rings. The molecule has 3 aromatic rings. The molecule has 3 heterocycles. The number of benzene rings is 1. The van der Waals surface area contributed by atoms with E-state index in [-0.39, 0.29) is 0 Å². The third-order valence-electron chi connectivity index (χ3n) is 4.55. The van der Waals surface area contributed by atoms with Gasteiger partial charge in [-0.2, -0.15) is 0 Å². The van der Waals surface area contributed by atoms with Crippen molar-refractivity contribution in [2.75, 3.05) is 38.1 Å². The number of likely N-dealkylation sites (N-methyl/N-ethyl adjacent to an activating group) is 1. The van der Waals surface area contributed by atoms with Crippen molar-refractivity contribution in [1.82, 2.24) is 19.9 Å². The Morgan fingerprint density at radius 3 is 2.24 bits per heavy atom. The fraction of sp³-hybridized carbons (Fsp3) is 0.250. The maximum absolute atomic E-state index is 4.85. The van der Waals surface area contributed by atoms with Crippen LogP contribution in [0, 0.1) is 0 Å². The first-order chi connectivity index (χ1) is 12.3. The predicted octanol–water partition coefficient (Wildman–Crippen LogP) is 2.96. The molecule has 5 nitrogen and oxygen atoms in total. The molecule has 0 spiro atoms. The van der Waals surface area contributed by atoms with Gasteiger partial charge in [-0.1, -0.05) is 30.3 Å². The van der Waals surface area contributed by atoms with Crippen LogP contribution in [0.3, 0.4) is 0 Å². The lowest BCUT2D eigenvalue weighted by Crippen LogP contribution is -2.44. The van der Waals surface area contributed by atoms with Crippen molar-refractivity contribution in [3.05, 3.63) is 60.9 Å². The third kappa shape index (κ3) is 3.51. The van der Waals surface area contributed by atoms with Gasteiger partial charge < -0.3 is 9.80 Å². The van der Waals surface area contributed by atoms with Crippen LogP contribution in [0.1, 0.15) is 0 Å². The van der Waals surface area contributed by atoms with Gasteiger partial charge in [-0.25, -0.2) is 9.97 Å². The first-order valence-electron chi connectivity index (χ1n) is 8.58. The van der Waals surface area contributed by atoms with Gasteiger partial charge in [0.05, 0.1) is 5.69 Å². The van der Waals surface area contributed by atoms with Crippen LogP contribution in [0.15, 0.2) is 60.9 Å². The molecule has 1 aliphatic rings. The largest absolute Gasteiger partial charge is 0.354 e. The zero-order valence-corrected chi connectivity index (χ0v) is 14.3. The van der Waals surface area contributed by atoms with Crippen LogP contribution in [0.5, 0.6) is 0 Å². The molecule has 0 saturated carbocycles. The summed E-state index contributed by atoms with van der Waals surface area (Å²) in [4.78, 5) is 18.4. The molecule has 0 amide bonds. The van der Waals surface area contributed by atoms with E-state index in [2.05, 4.69) is 40.0 Å². The SMILES string of the molecule is CN1CCN(c2cc(-c3ccccc3)nc(-c3ccncc3)n2)CC1. The Hall–Kier alpha value is -2.79. The second-order valence-corrected chi connectivity index (χ2v) is 6.33. The van der Waals surface area contributed by atoms with Crippen LogP contribution in [-0.2, 0) is 0 Å². The van der Waals surface area contributed by atoms with E-state index in [1.165, 1.54) is 0 Å². The molecule has 0 aliphatic carbocycles. The summed E-state index contributed by atoms with van der Waals surface area (Å²) in [6.45, 7) is 4.07. The summed E-state index contributed by atoms with van der Waals surface area (Å²) in [5.41, 5.74) is 3.05. The van der Waals surface area contributed by atoms with Gasteiger partial charge in [0.1, 0.15) is 5.82 Å². The molecule has 0 radical (unpaired) electrons. The molecular formula is C20H21N5. The minimum Gasteiger partial charge on any atom is -0.354 e. The fourth-order valence-electron chi connectivity index (χ4n) is 3.02. The lowest BCUT2D eigenvalue weighted by Gasteiger charge is -2.33. The van der Waals surface area contributed by atoms with Gasteiger partial charge in [-0.15, -0.1) is 0 Å². The maximum atomic E-state index is 4.85. The van der Waals surface area contributed by atoms with Crippen molar-refractivity contribution >= 4 is 5.82 Å². The molecule has 0 N–H and O–H groups in total. The number of hydrogen-bond donors (Lipinski definition) is 0. The Kier molecular flexibility index (Phi) is 4.39. The lowest BCUT2D eigenvalue weighted by atomic mass is 10.1. The third-order valence-corrected chi connectivity index (χ3v) is 4.55. The van der Waals surface area contributed by atoms with Gasteiger partial charge in [-0.05, 0) is 19.2 Å². The summed E-state index contributed by atoms with van der Waals surface area (Å²) in [6.07, 6.45) is 3.56. The zero-order chi connectivity index (χ0) is 17.1. The van der Waals surface area contributed by atoms with Crippen LogP contribution in [0.4, 0.5) is 5.82 Å². The second kappa shape index (κ2) is 6.99. The van der Waals surface area contributed by atoms with Crippen LogP contribution >= 0.6 is 0 Å². The number of nitrogens with zero attached hydrogens (tertiary/aromatic N) is 5. The van der Waals surface area contributed by atoms with E-state index in [9.17, 15) is 0 Å². The minimum absolute atomic E-state index is 0.748. The van der Waals surface area contributed by atoms with Gasteiger partial charge in [0, 0.05) is 55.8 Å². The monoisotopic (exact) mass is 331 g/mol. The second-order valence-electron chi connectivity index (χ2n) is 6.33. The summed E-state index contributed by atoms with van der Waals surface area (Å²) < 4.78 is 0. The average molecular weight is 331 g/mol. The van der Waals surface area contributed by atoms with Gasteiger partial charge >= 0.3 is 0 Å². The summed E-state index contributed by atoms with van der Waals surface area (Å²) in [5, 5.41) is 0. The van der Waals surface area contributed by atoms with Crippen molar-refractivity contribution in [3.63, 3.8) is 0 Å². The standard InChI is InChI=1S/C20H21N5/c1-24-11-13-25(14-12-24)19-15-18(16-5-3-2-4-6-16)22-20(23-19)17-7-9-21-10-8-17/h2-10,15H,11-14H2,1H3. The van der Waals surface area contributed by atoms with Crippen molar-refractivity contribution in [1.29, 1.82) is 0 Å². The number of hydrogen-bond acceptors (Lipinski definition) is 5. The van der Waals surface area contributed by atoms with E-state index in [0.29, 0.717) is 0 Å². The van der Waals surface area contributed by atoms with Crippen molar-refractivity contribution in [3.8, 4) is 22.6 Å². The number of rotatable bonds is 3. The van der Waals surface area contributed by atoms with Gasteiger partial charge in [0.25, 0.3) is 0 Å². The minimum atomic E-state index is 0.748. The molecular weight excluding hydrogens is 310 g/mol. The molecule has 0 unspecified atom stereocenters. The topological polar surface area (TPSA) is 45.2 Å². The highest BCUT2D eigenvalue weighted by Crippen LogP contribution is 2.26. The Labute approximate surface area is 148 Å². The van der Waals surface area contributed by atoms with Gasteiger partial charge in [0.2, 0.25) is 0 Å². The highest BCUT2D eigenvalue weighted by Gasteiger charge is 2.18. The summed E-state index contributed by atoms with van der Waals surface area (Å²) in [5.74, 6) is 1.74. The quantitative estimate of drug-likeness (QED) is 0.738. The molecule has 5 heteroatoms. The highest BCUT2D eigenvalue weighted by atomic mass is 15.3. The number of piperazine rings is 1. The Balaban J connectivity index is 1.78. The summed E-state index contributed by atoms with van der Waals surface area (Å²) in [7, 11) is 2.16. The zero-order valence-electron chi connectivity index (χ0n) is 14.3. The van der Waals surface area contributed by atoms with Crippen molar-refractivity contribution in [2.45, 2.75) is 0 Å². The van der Waals surface area contributed by atoms with Crippen molar-refractivity contribution in [2.24, 2.45) is 0 Å². The van der Waals surface area contributed by atoms with E-state index in [1.54, 1.807) is 12.4 Å². The Morgan fingerprint density at radius 1 is 0.800 bits per heavy atom. The molecule has 126 valence electrons. The van der Waals surface area contributed by atoms with E-state index in [4.69, 9.17) is 9.97 Å². The molecule has 2 aromatic heterocycles.